The van der Waals surface area contributed by atoms with E-state index in [0.29, 0.717) is 24.7 Å². The molecule has 1 heterocycles. The molecule has 1 N–H and O–H groups in total. The smallest absolute Gasteiger partial charge is 0.307 e. The Bertz CT molecular complexity index is 968. The minimum Gasteiger partial charge on any atom is -0.493 e. The molecule has 1 amide bonds. The Balaban J connectivity index is 1.87. The summed E-state index contributed by atoms with van der Waals surface area (Å²) >= 11 is 0. The predicted molar refractivity (Wildman–Crippen MR) is 123 cm³/mol. The Morgan fingerprint density at radius 2 is 1.75 bits per heavy atom. The minimum atomic E-state index is -0.291. The summed E-state index contributed by atoms with van der Waals surface area (Å²) in [6.45, 7) is 6.87. The van der Waals surface area contributed by atoms with Gasteiger partial charge in [-0.25, -0.2) is 0 Å². The fourth-order valence-corrected chi connectivity index (χ4v) is 4.26. The normalized spacial score (nSPS) is 15.6. The van der Waals surface area contributed by atoms with E-state index in [1.54, 1.807) is 21.1 Å². The second-order valence-corrected chi connectivity index (χ2v) is 7.97. The lowest BCUT2D eigenvalue weighted by Crippen LogP contribution is -2.41. The van der Waals surface area contributed by atoms with E-state index in [9.17, 15) is 9.59 Å². The Kier molecular flexibility index (Phi) is 7.75. The number of aryl methyl sites for hydroxylation is 2. The fraction of sp³-hybridized carbons (Fsp3) is 0.440. The molecule has 0 saturated heterocycles. The number of methoxy groups -OCH3 is 2. The topological polar surface area (TPSA) is 77.1 Å². The number of carbonyl (C=O) groups is 2. The van der Waals surface area contributed by atoms with Crippen LogP contribution in [0, 0.1) is 13.8 Å². The van der Waals surface area contributed by atoms with E-state index in [1.165, 1.54) is 0 Å². The van der Waals surface area contributed by atoms with Gasteiger partial charge in [-0.1, -0.05) is 18.2 Å². The molecule has 0 fully saturated rings. The van der Waals surface area contributed by atoms with Gasteiger partial charge in [0.25, 0.3) is 0 Å². The zero-order valence-electron chi connectivity index (χ0n) is 19.5. The lowest BCUT2D eigenvalue weighted by atomic mass is 9.90. The van der Waals surface area contributed by atoms with Crippen LogP contribution in [0.4, 0.5) is 5.69 Å². The van der Waals surface area contributed by atoms with Gasteiger partial charge < -0.3 is 19.5 Å². The van der Waals surface area contributed by atoms with Crippen LogP contribution in [0.5, 0.6) is 11.5 Å². The first-order valence-electron chi connectivity index (χ1n) is 10.9. The summed E-state index contributed by atoms with van der Waals surface area (Å²) in [4.78, 5) is 27.4. The van der Waals surface area contributed by atoms with Crippen molar-refractivity contribution in [3.05, 3.63) is 52.6 Å². The Labute approximate surface area is 189 Å². The SMILES string of the molecule is CCOC(=O)CC1c2cc(OC)c(OC)cc2CCN1CC(=O)Nc1c(C)cccc1C. The summed E-state index contributed by atoms with van der Waals surface area (Å²) < 4.78 is 16.1. The molecule has 32 heavy (non-hydrogen) atoms. The Morgan fingerprint density at radius 1 is 1.09 bits per heavy atom. The van der Waals surface area contributed by atoms with Gasteiger partial charge in [-0.15, -0.1) is 0 Å². The van der Waals surface area contributed by atoms with Crippen LogP contribution in [-0.4, -0.2) is 50.7 Å². The molecule has 0 aliphatic carbocycles. The molecule has 0 aromatic heterocycles. The van der Waals surface area contributed by atoms with E-state index in [1.807, 2.05) is 49.1 Å². The highest BCUT2D eigenvalue weighted by molar-refractivity contribution is 5.93. The maximum Gasteiger partial charge on any atom is 0.307 e. The number of hydrogen-bond acceptors (Lipinski definition) is 6. The van der Waals surface area contributed by atoms with Crippen LogP contribution in [-0.2, 0) is 20.7 Å². The van der Waals surface area contributed by atoms with Gasteiger partial charge in [-0.2, -0.15) is 0 Å². The molecule has 1 atom stereocenters. The van der Waals surface area contributed by atoms with Crippen molar-refractivity contribution in [3.63, 3.8) is 0 Å². The van der Waals surface area contributed by atoms with E-state index >= 15 is 0 Å². The first-order chi connectivity index (χ1) is 15.4. The standard InChI is InChI=1S/C25H32N2O5/c1-6-32-24(29)14-20-19-13-22(31-5)21(30-4)12-18(19)10-11-27(20)15-23(28)26-25-16(2)8-7-9-17(25)3/h7-9,12-13,20H,6,10-11,14-15H2,1-5H3,(H,26,28). The third-order valence-corrected chi connectivity index (χ3v) is 5.87. The second kappa shape index (κ2) is 10.5. The van der Waals surface area contributed by atoms with Crippen LogP contribution in [0.2, 0.25) is 0 Å². The molecule has 0 saturated carbocycles. The third kappa shape index (κ3) is 5.22. The van der Waals surface area contributed by atoms with Crippen LogP contribution in [0.1, 0.15) is 41.6 Å². The van der Waals surface area contributed by atoms with Gasteiger partial charge in [-0.05, 0) is 61.6 Å². The number of nitrogens with one attached hydrogen (secondary N) is 1. The molecule has 3 rings (SSSR count). The number of ether oxygens (including phenoxy) is 3. The number of amides is 1. The lowest BCUT2D eigenvalue weighted by Gasteiger charge is -2.37. The number of fused-ring (bicyclic) bond motifs is 1. The number of nitrogens with zero attached hydrogens (tertiary/aromatic N) is 1. The van der Waals surface area contributed by atoms with Crippen molar-refractivity contribution in [1.82, 2.24) is 4.90 Å². The first kappa shape index (κ1) is 23.6. The molecule has 0 spiro atoms. The molecule has 1 aliphatic heterocycles. The van der Waals surface area contributed by atoms with Crippen LogP contribution < -0.4 is 14.8 Å². The highest BCUT2D eigenvalue weighted by Gasteiger charge is 2.32. The van der Waals surface area contributed by atoms with Crippen LogP contribution in [0.15, 0.2) is 30.3 Å². The van der Waals surface area contributed by atoms with Crippen molar-refractivity contribution in [2.24, 2.45) is 0 Å². The van der Waals surface area contributed by atoms with Crippen molar-refractivity contribution in [2.75, 3.05) is 39.2 Å². The maximum absolute atomic E-state index is 13.0. The predicted octanol–water partition coefficient (Wildman–Crippen LogP) is 3.81. The summed E-state index contributed by atoms with van der Waals surface area (Å²) in [6, 6.07) is 9.50. The molecule has 172 valence electrons. The average molecular weight is 441 g/mol. The molecular weight excluding hydrogens is 408 g/mol. The molecular formula is C25H32N2O5. The van der Waals surface area contributed by atoms with E-state index < -0.39 is 0 Å². The van der Waals surface area contributed by atoms with Gasteiger partial charge in [0.2, 0.25) is 5.91 Å². The van der Waals surface area contributed by atoms with Crippen molar-refractivity contribution in [2.45, 2.75) is 39.7 Å². The minimum absolute atomic E-state index is 0.111. The van der Waals surface area contributed by atoms with Gasteiger partial charge in [0, 0.05) is 18.3 Å². The lowest BCUT2D eigenvalue weighted by molar-refractivity contribution is -0.145. The van der Waals surface area contributed by atoms with Gasteiger partial charge in [0.1, 0.15) is 0 Å². The van der Waals surface area contributed by atoms with Gasteiger partial charge >= 0.3 is 5.97 Å². The summed E-state index contributed by atoms with van der Waals surface area (Å²) in [5, 5.41) is 3.05. The molecule has 1 aliphatic rings. The highest BCUT2D eigenvalue weighted by Crippen LogP contribution is 2.39. The van der Waals surface area contributed by atoms with Crippen molar-refractivity contribution in [3.8, 4) is 11.5 Å². The monoisotopic (exact) mass is 440 g/mol. The highest BCUT2D eigenvalue weighted by atomic mass is 16.5. The third-order valence-electron chi connectivity index (χ3n) is 5.87. The van der Waals surface area contributed by atoms with Gasteiger partial charge in [0.05, 0.1) is 33.8 Å². The Morgan fingerprint density at radius 3 is 2.38 bits per heavy atom. The molecule has 0 bridgehead atoms. The number of carbonyl (C=O) groups excluding carboxylic acids is 2. The van der Waals surface area contributed by atoms with E-state index in [4.69, 9.17) is 14.2 Å². The van der Waals surface area contributed by atoms with Crippen molar-refractivity contribution >= 4 is 17.6 Å². The molecule has 2 aromatic carbocycles. The van der Waals surface area contributed by atoms with E-state index in [0.717, 1.165) is 34.4 Å². The number of hydrogen-bond donors (Lipinski definition) is 1. The molecule has 0 radical (unpaired) electrons. The number of benzene rings is 2. The number of anilines is 1. The van der Waals surface area contributed by atoms with Gasteiger partial charge in [-0.3, -0.25) is 14.5 Å². The largest absolute Gasteiger partial charge is 0.493 e. The van der Waals surface area contributed by atoms with Crippen LogP contribution in [0.25, 0.3) is 0 Å². The van der Waals surface area contributed by atoms with Crippen LogP contribution in [0.3, 0.4) is 0 Å². The van der Waals surface area contributed by atoms with Crippen molar-refractivity contribution < 1.29 is 23.8 Å². The van der Waals surface area contributed by atoms with Crippen LogP contribution >= 0.6 is 0 Å². The first-order valence-corrected chi connectivity index (χ1v) is 10.9. The zero-order chi connectivity index (χ0) is 23.3. The van der Waals surface area contributed by atoms with Crippen molar-refractivity contribution in [1.29, 1.82) is 0 Å². The molecule has 2 aromatic rings. The molecule has 7 heteroatoms. The Hall–Kier alpha value is -3.06. The molecule has 7 nitrogen and oxygen atoms in total. The quantitative estimate of drug-likeness (QED) is 0.629. The van der Waals surface area contributed by atoms with E-state index in [-0.39, 0.29) is 30.9 Å². The fourth-order valence-electron chi connectivity index (χ4n) is 4.26. The summed E-state index contributed by atoms with van der Waals surface area (Å²) in [5.74, 6) is 0.852. The molecule has 1 unspecified atom stereocenters. The summed E-state index contributed by atoms with van der Waals surface area (Å²) in [5.41, 5.74) is 4.91. The summed E-state index contributed by atoms with van der Waals surface area (Å²) in [6.07, 6.45) is 0.901. The number of rotatable bonds is 8. The average Bonchev–Trinajstić information content (AvgIpc) is 2.77. The van der Waals surface area contributed by atoms with Gasteiger partial charge in [0.15, 0.2) is 11.5 Å². The zero-order valence-corrected chi connectivity index (χ0v) is 19.5. The number of para-hydroxylation sites is 1. The number of esters is 1. The maximum atomic E-state index is 13.0. The second-order valence-electron chi connectivity index (χ2n) is 7.97. The van der Waals surface area contributed by atoms with E-state index in [2.05, 4.69) is 5.32 Å². The summed E-state index contributed by atoms with van der Waals surface area (Å²) in [7, 11) is 3.19.